The lowest BCUT2D eigenvalue weighted by atomic mass is 10.1. The van der Waals surface area contributed by atoms with Crippen LogP contribution in [-0.2, 0) is 4.79 Å². The molecular formula is C11H12ClNO2. The zero-order valence-electron chi connectivity index (χ0n) is 8.42. The molecule has 0 aliphatic carbocycles. The number of aryl methyl sites for hydroxylation is 1. The molecule has 15 heavy (non-hydrogen) atoms. The van der Waals surface area contributed by atoms with E-state index in [1.165, 1.54) is 0 Å². The Hall–Kier alpha value is -1.35. The third-order valence-corrected chi connectivity index (χ3v) is 2.08. The second kappa shape index (κ2) is 5.51. The minimum absolute atomic E-state index is 0.152. The van der Waals surface area contributed by atoms with Gasteiger partial charge in [-0.1, -0.05) is 17.7 Å². The van der Waals surface area contributed by atoms with Crippen molar-refractivity contribution in [3.05, 3.63) is 35.4 Å². The summed E-state index contributed by atoms with van der Waals surface area (Å²) in [6, 6.07) is 7.25. The third-order valence-electron chi connectivity index (χ3n) is 1.89. The largest absolute Gasteiger partial charge is 0.352 e. The van der Waals surface area contributed by atoms with Crippen molar-refractivity contribution in [3.8, 4) is 0 Å². The number of rotatable bonds is 4. The fourth-order valence-corrected chi connectivity index (χ4v) is 1.26. The maximum Gasteiger partial charge on any atom is 0.251 e. The first-order chi connectivity index (χ1) is 7.09. The van der Waals surface area contributed by atoms with E-state index >= 15 is 0 Å². The van der Waals surface area contributed by atoms with E-state index in [1.807, 2.05) is 19.1 Å². The highest BCUT2D eigenvalue weighted by Crippen LogP contribution is 2.03. The molecular weight excluding hydrogens is 214 g/mol. The Morgan fingerprint density at radius 3 is 2.73 bits per heavy atom. The Balaban J connectivity index is 2.50. The second-order valence-corrected chi connectivity index (χ2v) is 3.65. The minimum Gasteiger partial charge on any atom is -0.352 e. The first kappa shape index (κ1) is 11.7. The van der Waals surface area contributed by atoms with Crippen LogP contribution in [0, 0.1) is 6.92 Å². The summed E-state index contributed by atoms with van der Waals surface area (Å²) >= 11 is 5.14. The van der Waals surface area contributed by atoms with Gasteiger partial charge in [0.15, 0.2) is 0 Å². The van der Waals surface area contributed by atoms with Crippen LogP contribution in [0.4, 0.5) is 0 Å². The van der Waals surface area contributed by atoms with Crippen LogP contribution in [0.25, 0.3) is 0 Å². The molecule has 0 saturated carbocycles. The molecule has 3 nitrogen and oxygen atoms in total. The van der Waals surface area contributed by atoms with Gasteiger partial charge in [0.25, 0.3) is 5.91 Å². The predicted molar refractivity (Wildman–Crippen MR) is 59.0 cm³/mol. The van der Waals surface area contributed by atoms with Gasteiger partial charge in [0.05, 0.1) is 0 Å². The summed E-state index contributed by atoms with van der Waals surface area (Å²) in [4.78, 5) is 21.9. The average molecular weight is 226 g/mol. The number of nitrogens with one attached hydrogen (secondary N) is 1. The lowest BCUT2D eigenvalue weighted by molar-refractivity contribution is -0.111. The van der Waals surface area contributed by atoms with E-state index in [0.29, 0.717) is 5.56 Å². The van der Waals surface area contributed by atoms with Gasteiger partial charge in [-0.25, -0.2) is 0 Å². The van der Waals surface area contributed by atoms with Gasteiger partial charge < -0.3 is 5.32 Å². The predicted octanol–water partition coefficient (Wildman–Crippen LogP) is 1.88. The molecule has 0 aromatic heterocycles. The van der Waals surface area contributed by atoms with E-state index in [2.05, 4.69) is 5.32 Å². The van der Waals surface area contributed by atoms with Crippen LogP contribution in [0.5, 0.6) is 0 Å². The van der Waals surface area contributed by atoms with E-state index in [-0.39, 0.29) is 18.9 Å². The van der Waals surface area contributed by atoms with Crippen molar-refractivity contribution in [2.75, 3.05) is 6.54 Å². The quantitative estimate of drug-likeness (QED) is 0.796. The van der Waals surface area contributed by atoms with Crippen molar-refractivity contribution < 1.29 is 9.59 Å². The van der Waals surface area contributed by atoms with Gasteiger partial charge in [-0.15, -0.1) is 0 Å². The third kappa shape index (κ3) is 4.13. The molecule has 1 aromatic carbocycles. The first-order valence-corrected chi connectivity index (χ1v) is 5.00. The Morgan fingerprint density at radius 2 is 2.13 bits per heavy atom. The molecule has 0 aliphatic heterocycles. The van der Waals surface area contributed by atoms with E-state index in [9.17, 15) is 9.59 Å². The second-order valence-electron chi connectivity index (χ2n) is 3.23. The van der Waals surface area contributed by atoms with Crippen LogP contribution in [0.1, 0.15) is 22.3 Å². The molecule has 4 heteroatoms. The lowest BCUT2D eigenvalue weighted by Gasteiger charge is -2.03. The normalized spacial score (nSPS) is 9.73. The van der Waals surface area contributed by atoms with Crippen molar-refractivity contribution in [3.63, 3.8) is 0 Å². The molecule has 1 rings (SSSR count). The molecule has 0 spiro atoms. The Kier molecular flexibility index (Phi) is 4.31. The number of benzene rings is 1. The number of amides is 1. The van der Waals surface area contributed by atoms with Gasteiger partial charge in [0.2, 0.25) is 5.24 Å². The Morgan fingerprint density at radius 1 is 1.40 bits per heavy atom. The van der Waals surface area contributed by atoms with Crippen molar-refractivity contribution in [2.45, 2.75) is 13.3 Å². The average Bonchev–Trinajstić information content (AvgIpc) is 2.17. The highest BCUT2D eigenvalue weighted by atomic mass is 35.5. The van der Waals surface area contributed by atoms with Gasteiger partial charge in [-0.3, -0.25) is 9.59 Å². The maximum atomic E-state index is 11.5. The van der Waals surface area contributed by atoms with E-state index in [0.717, 1.165) is 5.56 Å². The van der Waals surface area contributed by atoms with E-state index < -0.39 is 5.24 Å². The molecule has 0 fully saturated rings. The summed E-state index contributed by atoms with van der Waals surface area (Å²) in [6.45, 7) is 2.19. The maximum absolute atomic E-state index is 11.5. The van der Waals surface area contributed by atoms with Crippen LogP contribution in [0.2, 0.25) is 0 Å². The van der Waals surface area contributed by atoms with E-state index in [1.54, 1.807) is 12.1 Å². The van der Waals surface area contributed by atoms with Gasteiger partial charge in [-0.2, -0.15) is 0 Å². The van der Waals surface area contributed by atoms with Gasteiger partial charge >= 0.3 is 0 Å². The Bertz CT molecular complexity index is 377. The van der Waals surface area contributed by atoms with Crippen LogP contribution >= 0.6 is 11.6 Å². The molecule has 0 aliphatic rings. The summed E-state index contributed by atoms with van der Waals surface area (Å²) < 4.78 is 0. The molecule has 0 radical (unpaired) electrons. The van der Waals surface area contributed by atoms with Crippen LogP contribution in [-0.4, -0.2) is 17.7 Å². The van der Waals surface area contributed by atoms with Crippen molar-refractivity contribution in [2.24, 2.45) is 0 Å². The minimum atomic E-state index is -0.445. The van der Waals surface area contributed by atoms with Crippen molar-refractivity contribution >= 4 is 22.8 Å². The zero-order chi connectivity index (χ0) is 11.3. The summed E-state index contributed by atoms with van der Waals surface area (Å²) in [5, 5.41) is 2.17. The fraction of sp³-hybridized carbons (Fsp3) is 0.273. The lowest BCUT2D eigenvalue weighted by Crippen LogP contribution is -2.25. The summed E-state index contributed by atoms with van der Waals surface area (Å²) in [7, 11) is 0. The van der Waals surface area contributed by atoms with Gasteiger partial charge in [-0.05, 0) is 30.7 Å². The monoisotopic (exact) mass is 225 g/mol. The molecule has 0 saturated heterocycles. The number of hydrogen-bond donors (Lipinski definition) is 1. The molecule has 0 atom stereocenters. The molecule has 1 amide bonds. The molecule has 1 aromatic rings. The van der Waals surface area contributed by atoms with Crippen LogP contribution in [0.15, 0.2) is 24.3 Å². The van der Waals surface area contributed by atoms with Gasteiger partial charge in [0, 0.05) is 18.5 Å². The van der Waals surface area contributed by atoms with Gasteiger partial charge in [0.1, 0.15) is 0 Å². The number of hydrogen-bond acceptors (Lipinski definition) is 2. The molecule has 0 unspecified atom stereocenters. The Labute approximate surface area is 93.4 Å². The van der Waals surface area contributed by atoms with Crippen LogP contribution in [0.3, 0.4) is 0 Å². The highest BCUT2D eigenvalue weighted by molar-refractivity contribution is 6.63. The number of carbonyl (C=O) groups is 2. The molecule has 80 valence electrons. The summed E-state index contributed by atoms with van der Waals surface area (Å²) in [6.07, 6.45) is 0.152. The first-order valence-electron chi connectivity index (χ1n) is 4.63. The topological polar surface area (TPSA) is 46.2 Å². The summed E-state index contributed by atoms with van der Waals surface area (Å²) in [5.74, 6) is -0.184. The molecule has 0 heterocycles. The van der Waals surface area contributed by atoms with E-state index in [4.69, 9.17) is 11.6 Å². The fourth-order valence-electron chi connectivity index (χ4n) is 1.16. The number of carbonyl (C=O) groups excluding carboxylic acids is 2. The summed E-state index contributed by atoms with van der Waals surface area (Å²) in [5.41, 5.74) is 1.62. The number of halogens is 1. The zero-order valence-corrected chi connectivity index (χ0v) is 9.17. The highest BCUT2D eigenvalue weighted by Gasteiger charge is 2.05. The van der Waals surface area contributed by atoms with Crippen molar-refractivity contribution in [1.82, 2.24) is 5.32 Å². The smallest absolute Gasteiger partial charge is 0.251 e. The standard InChI is InChI=1S/C11H12ClNO2/c1-8-3-2-4-9(7-8)11(15)13-6-5-10(12)14/h2-4,7H,5-6H2,1H3,(H,13,15). The molecule has 1 N–H and O–H groups in total. The SMILES string of the molecule is Cc1cccc(C(=O)NCCC(=O)Cl)c1. The van der Waals surface area contributed by atoms with Crippen LogP contribution < -0.4 is 5.32 Å². The molecule has 0 bridgehead atoms. The van der Waals surface area contributed by atoms with Crippen molar-refractivity contribution in [1.29, 1.82) is 0 Å².